The average molecular weight is 402 g/mol. The van der Waals surface area contributed by atoms with E-state index in [1.807, 2.05) is 62.4 Å². The minimum absolute atomic E-state index is 0.411. The van der Waals surface area contributed by atoms with Crippen LogP contribution in [0.1, 0.15) is 13.8 Å². The van der Waals surface area contributed by atoms with Crippen LogP contribution in [-0.2, 0) is 0 Å². The molecule has 4 rings (SSSR count). The first-order chi connectivity index (χ1) is 14.7. The van der Waals surface area contributed by atoms with Gasteiger partial charge in [0.1, 0.15) is 23.0 Å². The Morgan fingerprint density at radius 1 is 0.567 bits per heavy atom. The van der Waals surface area contributed by atoms with Crippen LogP contribution >= 0.6 is 0 Å². The first-order valence-corrected chi connectivity index (χ1v) is 9.90. The zero-order valence-electron chi connectivity index (χ0n) is 16.9. The molecule has 0 amide bonds. The van der Waals surface area contributed by atoms with Crippen LogP contribution in [0, 0.1) is 0 Å². The molecule has 5 heteroatoms. The maximum Gasteiger partial charge on any atom is 0.519 e. The van der Waals surface area contributed by atoms with Gasteiger partial charge in [-0.15, -0.1) is 0 Å². The quantitative estimate of drug-likeness (QED) is 0.277. The number of benzene rings is 4. The number of hydrogen-bond acceptors (Lipinski definition) is 5. The Morgan fingerprint density at radius 2 is 0.900 bits per heavy atom. The highest BCUT2D eigenvalue weighted by atomic mass is 16.7. The third kappa shape index (κ3) is 3.87. The van der Waals surface area contributed by atoms with Gasteiger partial charge in [-0.3, -0.25) is 0 Å². The lowest BCUT2D eigenvalue weighted by Crippen LogP contribution is -2.14. The molecule has 0 fully saturated rings. The van der Waals surface area contributed by atoms with Gasteiger partial charge >= 0.3 is 6.16 Å². The van der Waals surface area contributed by atoms with Crippen LogP contribution in [0.5, 0.6) is 23.0 Å². The van der Waals surface area contributed by atoms with Gasteiger partial charge in [-0.25, -0.2) is 4.79 Å². The van der Waals surface area contributed by atoms with Gasteiger partial charge in [0.15, 0.2) is 0 Å². The van der Waals surface area contributed by atoms with Gasteiger partial charge < -0.3 is 18.9 Å². The summed E-state index contributed by atoms with van der Waals surface area (Å²) in [5.41, 5.74) is 0. The predicted molar refractivity (Wildman–Crippen MR) is 117 cm³/mol. The molecule has 0 aliphatic rings. The lowest BCUT2D eigenvalue weighted by atomic mass is 10.1. The van der Waals surface area contributed by atoms with Crippen molar-refractivity contribution in [1.82, 2.24) is 0 Å². The highest BCUT2D eigenvalue weighted by Gasteiger charge is 2.15. The molecule has 30 heavy (non-hydrogen) atoms. The van der Waals surface area contributed by atoms with Gasteiger partial charge in [0, 0.05) is 21.5 Å². The first kappa shape index (κ1) is 19.6. The van der Waals surface area contributed by atoms with Crippen LogP contribution in [0.2, 0.25) is 0 Å². The van der Waals surface area contributed by atoms with Gasteiger partial charge in [0.25, 0.3) is 0 Å². The molecule has 0 aliphatic carbocycles. The Labute approximate surface area is 174 Å². The Bertz CT molecular complexity index is 1110. The SMILES string of the molecule is CCOc1ccc(OC(=O)Oc2ccc(OCC)c3ccccc23)c2ccccc12. The third-order valence-electron chi connectivity index (χ3n) is 4.67. The van der Waals surface area contributed by atoms with Gasteiger partial charge in [0.2, 0.25) is 0 Å². The fraction of sp³-hybridized carbons (Fsp3) is 0.160. The average Bonchev–Trinajstić information content (AvgIpc) is 2.77. The van der Waals surface area contributed by atoms with E-state index < -0.39 is 6.16 Å². The topological polar surface area (TPSA) is 54.0 Å². The van der Waals surface area contributed by atoms with E-state index in [2.05, 4.69) is 0 Å². The minimum atomic E-state index is -0.807. The van der Waals surface area contributed by atoms with E-state index in [0.717, 1.165) is 33.0 Å². The summed E-state index contributed by atoms with van der Waals surface area (Å²) in [5, 5.41) is 3.29. The van der Waals surface area contributed by atoms with Gasteiger partial charge in [-0.1, -0.05) is 48.5 Å². The fourth-order valence-electron chi connectivity index (χ4n) is 3.43. The molecule has 0 unspecified atom stereocenters. The van der Waals surface area contributed by atoms with Crippen molar-refractivity contribution in [3.63, 3.8) is 0 Å². The van der Waals surface area contributed by atoms with Crippen molar-refractivity contribution < 1.29 is 23.7 Å². The summed E-state index contributed by atoms with van der Waals surface area (Å²) in [6.07, 6.45) is -0.807. The molecule has 0 atom stereocenters. The molecule has 0 spiro atoms. The van der Waals surface area contributed by atoms with Crippen molar-refractivity contribution >= 4 is 27.7 Å². The van der Waals surface area contributed by atoms with Crippen LogP contribution in [-0.4, -0.2) is 19.4 Å². The summed E-state index contributed by atoms with van der Waals surface area (Å²) in [6.45, 7) is 4.96. The van der Waals surface area contributed by atoms with Crippen LogP contribution in [0.3, 0.4) is 0 Å². The Kier molecular flexibility index (Phi) is 5.70. The lowest BCUT2D eigenvalue weighted by molar-refractivity contribution is 0.153. The summed E-state index contributed by atoms with van der Waals surface area (Å²) in [6, 6.07) is 22.2. The van der Waals surface area contributed by atoms with Gasteiger partial charge in [-0.05, 0) is 38.1 Å². The second-order valence-corrected chi connectivity index (χ2v) is 6.53. The number of carbonyl (C=O) groups is 1. The lowest BCUT2D eigenvalue weighted by Gasteiger charge is -2.13. The smallest absolute Gasteiger partial charge is 0.493 e. The molecule has 0 N–H and O–H groups in total. The second kappa shape index (κ2) is 8.74. The van der Waals surface area contributed by atoms with Crippen LogP contribution in [0.25, 0.3) is 21.5 Å². The minimum Gasteiger partial charge on any atom is -0.493 e. The highest BCUT2D eigenvalue weighted by Crippen LogP contribution is 2.35. The maximum absolute atomic E-state index is 12.6. The molecular formula is C25H22O5. The largest absolute Gasteiger partial charge is 0.519 e. The number of rotatable bonds is 6. The van der Waals surface area contributed by atoms with Crippen LogP contribution in [0.15, 0.2) is 72.8 Å². The summed E-state index contributed by atoms with van der Waals surface area (Å²) in [4.78, 5) is 12.6. The maximum atomic E-state index is 12.6. The molecule has 0 heterocycles. The van der Waals surface area contributed by atoms with Crippen molar-refractivity contribution in [2.24, 2.45) is 0 Å². The summed E-state index contributed by atoms with van der Waals surface area (Å²) < 4.78 is 22.4. The van der Waals surface area contributed by atoms with Crippen molar-refractivity contribution in [2.45, 2.75) is 13.8 Å². The van der Waals surface area contributed by atoms with Crippen LogP contribution < -0.4 is 18.9 Å². The molecule has 4 aromatic rings. The molecular weight excluding hydrogens is 380 g/mol. The normalized spacial score (nSPS) is 10.7. The standard InChI is InChI=1S/C25H22O5/c1-3-27-21-13-15-23(19-11-7-5-9-17(19)21)29-25(26)30-24-16-14-22(28-4-2)18-10-6-8-12-20(18)24/h5-16H,3-4H2,1-2H3. The number of ether oxygens (including phenoxy) is 4. The monoisotopic (exact) mass is 402 g/mol. The third-order valence-corrected chi connectivity index (χ3v) is 4.67. The summed E-state index contributed by atoms with van der Waals surface area (Å²) in [5.74, 6) is 2.31. The van der Waals surface area contributed by atoms with Gasteiger partial charge in [0.05, 0.1) is 13.2 Å². The van der Waals surface area contributed by atoms with E-state index in [0.29, 0.717) is 24.7 Å². The molecule has 0 radical (unpaired) electrons. The van der Waals surface area contributed by atoms with E-state index in [-0.39, 0.29) is 0 Å². The molecule has 152 valence electrons. The van der Waals surface area contributed by atoms with E-state index >= 15 is 0 Å². The first-order valence-electron chi connectivity index (χ1n) is 9.90. The van der Waals surface area contributed by atoms with E-state index in [9.17, 15) is 4.79 Å². The number of hydrogen-bond donors (Lipinski definition) is 0. The van der Waals surface area contributed by atoms with E-state index in [1.54, 1.807) is 24.3 Å². The Hall–Kier alpha value is -3.73. The van der Waals surface area contributed by atoms with Crippen molar-refractivity contribution in [3.8, 4) is 23.0 Å². The van der Waals surface area contributed by atoms with Crippen LogP contribution in [0.4, 0.5) is 4.79 Å². The second-order valence-electron chi connectivity index (χ2n) is 6.53. The number of carbonyl (C=O) groups excluding carboxylic acids is 1. The fourth-order valence-corrected chi connectivity index (χ4v) is 3.43. The zero-order chi connectivity index (χ0) is 20.9. The van der Waals surface area contributed by atoms with Crippen molar-refractivity contribution in [1.29, 1.82) is 0 Å². The predicted octanol–water partition coefficient (Wildman–Crippen LogP) is 6.37. The van der Waals surface area contributed by atoms with Crippen molar-refractivity contribution in [2.75, 3.05) is 13.2 Å². The Morgan fingerprint density at radius 3 is 1.27 bits per heavy atom. The molecule has 5 nitrogen and oxygen atoms in total. The highest BCUT2D eigenvalue weighted by molar-refractivity contribution is 5.96. The molecule has 4 aromatic carbocycles. The van der Waals surface area contributed by atoms with Gasteiger partial charge in [-0.2, -0.15) is 0 Å². The summed E-state index contributed by atoms with van der Waals surface area (Å²) >= 11 is 0. The zero-order valence-corrected chi connectivity index (χ0v) is 16.9. The molecule has 0 saturated heterocycles. The molecule has 0 aromatic heterocycles. The number of fused-ring (bicyclic) bond motifs is 2. The van der Waals surface area contributed by atoms with E-state index in [1.165, 1.54) is 0 Å². The van der Waals surface area contributed by atoms with E-state index in [4.69, 9.17) is 18.9 Å². The molecule has 0 aliphatic heterocycles. The molecule has 0 saturated carbocycles. The Balaban J connectivity index is 1.62. The molecule has 0 bridgehead atoms. The summed E-state index contributed by atoms with van der Waals surface area (Å²) in [7, 11) is 0. The van der Waals surface area contributed by atoms with Crippen molar-refractivity contribution in [3.05, 3.63) is 72.8 Å².